The summed E-state index contributed by atoms with van der Waals surface area (Å²) >= 11 is 0. The number of nitrogens with zero attached hydrogens (tertiary/aromatic N) is 9. The number of hydrogen-bond acceptors (Lipinski definition) is 19. The van der Waals surface area contributed by atoms with E-state index in [-0.39, 0.29) is 125 Å². The van der Waals surface area contributed by atoms with Crippen molar-refractivity contribution in [3.8, 4) is 17.9 Å². The van der Waals surface area contributed by atoms with Gasteiger partial charge in [0.25, 0.3) is 5.91 Å². The van der Waals surface area contributed by atoms with Gasteiger partial charge in [0.1, 0.15) is 72.6 Å². The van der Waals surface area contributed by atoms with Crippen molar-refractivity contribution in [1.29, 1.82) is 10.5 Å². The zero-order valence-electron chi connectivity index (χ0n) is 82.4. The fourth-order valence-electron chi connectivity index (χ4n) is 17.3. The number of aliphatic hydroxyl groups excluding tert-OH is 1. The number of methoxy groups -OCH3 is 1. The molecule has 36 heteroatoms. The maximum absolute atomic E-state index is 15.9. The zero-order valence-corrected chi connectivity index (χ0v) is 82.4. The molecule has 7 N–H and O–H groups in total. The van der Waals surface area contributed by atoms with E-state index in [0.717, 1.165) is 33.7 Å². The molecule has 18 atom stereocenters. The number of unbranched alkanes of at least 4 members (excludes halogenated alkanes) is 1. The van der Waals surface area contributed by atoms with E-state index in [1.54, 1.807) is 70.2 Å². The van der Waals surface area contributed by atoms with Gasteiger partial charge in [0.15, 0.2) is 24.0 Å². The van der Waals surface area contributed by atoms with Crippen LogP contribution in [0.25, 0.3) is 10.9 Å². The van der Waals surface area contributed by atoms with E-state index in [1.807, 2.05) is 103 Å². The molecule has 0 aliphatic carbocycles. The lowest BCUT2D eigenvalue weighted by Gasteiger charge is -2.36. The Morgan fingerprint density at radius 1 is 0.474 bits per heavy atom. The number of benzene rings is 3. The number of hydrogen-bond donors (Lipinski definition) is 7. The summed E-state index contributed by atoms with van der Waals surface area (Å²) in [4.78, 5) is 205. The number of carbonyl (C=O) groups excluding carboxylic acids is 13. The molecule has 1 aromatic heterocycles. The SMILES string of the molecule is CCCC[C@@H](C)C[C@@H]1NC(=O)[C@@H](CCC#N)OC(O)[C@H](C)N(C)C(=O)[C@H](CC(F)(F)F)NC(=O)[C@H](Cc2ccccc2)N(C)C(=O)[C@H](CC(C)C)NC(=O)[C@H](CC(C)CCC(C)C[C@@H]2NC(=O)[C@@H](CCC#N)OC(=O)[C@H](C)N(C)C(=O)[C@H](CC(C)C)NC(=O)[C@H](Cc3cn(Cc4ccc(F)c(OC)c4)c4ccccc34)N(C)C(=O)[C@H](CC(C)C)NC(=O)[C@H](CC(C)C)N(C)C2=O)N(C)C1=O. The number of ether oxygens (including phenoxy) is 3. The van der Waals surface area contributed by atoms with Crippen molar-refractivity contribution in [2.75, 3.05) is 49.4 Å². The minimum Gasteiger partial charge on any atom is -0.494 e. The second-order valence-electron chi connectivity index (χ2n) is 38.6. The predicted molar refractivity (Wildman–Crippen MR) is 499 cm³/mol. The molecule has 12 amide bonds. The van der Waals surface area contributed by atoms with Gasteiger partial charge >= 0.3 is 12.1 Å². The lowest BCUT2D eigenvalue weighted by Crippen LogP contribution is -2.60. The van der Waals surface area contributed by atoms with Crippen LogP contribution in [0.15, 0.2) is 79.0 Å². The lowest BCUT2D eigenvalue weighted by molar-refractivity contribution is -0.184. The molecular weight excluding hydrogens is 1750 g/mol. The summed E-state index contributed by atoms with van der Waals surface area (Å²) in [5.74, 6) is -15.4. The van der Waals surface area contributed by atoms with Crippen molar-refractivity contribution >= 4 is 87.8 Å². The van der Waals surface area contributed by atoms with Crippen LogP contribution in [0.3, 0.4) is 0 Å². The van der Waals surface area contributed by atoms with Crippen LogP contribution in [0, 0.1) is 69.9 Å². The molecule has 0 spiro atoms. The lowest BCUT2D eigenvalue weighted by atomic mass is 9.88. The Balaban J connectivity index is 1.47. The molecule has 6 rings (SSSR count). The van der Waals surface area contributed by atoms with Crippen LogP contribution in [0.1, 0.15) is 223 Å². The van der Waals surface area contributed by atoms with Crippen LogP contribution in [0.4, 0.5) is 17.6 Å². The van der Waals surface area contributed by atoms with Gasteiger partial charge in [0.05, 0.1) is 31.7 Å². The highest BCUT2D eigenvalue weighted by Crippen LogP contribution is 2.32. The van der Waals surface area contributed by atoms with Crippen LogP contribution in [-0.4, -0.2) is 263 Å². The number of alkyl halides is 3. The number of amides is 12. The van der Waals surface area contributed by atoms with Crippen molar-refractivity contribution in [1.82, 2.24) is 65.9 Å². The van der Waals surface area contributed by atoms with Gasteiger partial charge < -0.3 is 85.2 Å². The fourth-order valence-corrected chi connectivity index (χ4v) is 17.3. The smallest absolute Gasteiger partial charge is 0.391 e. The van der Waals surface area contributed by atoms with Gasteiger partial charge in [-0.25, -0.2) is 9.18 Å². The van der Waals surface area contributed by atoms with E-state index < -0.39 is 211 Å². The molecule has 3 unspecified atom stereocenters. The van der Waals surface area contributed by atoms with Crippen LogP contribution < -0.4 is 36.6 Å². The number of halogens is 4. The first kappa shape index (κ1) is 112. The Morgan fingerprint density at radius 2 is 0.881 bits per heavy atom. The van der Waals surface area contributed by atoms with E-state index in [9.17, 15) is 52.4 Å². The third kappa shape index (κ3) is 33.0. The average Bonchev–Trinajstić information content (AvgIpc) is 1.65. The molecule has 0 radical (unpaired) electrons. The molecule has 3 aromatic carbocycles. The summed E-state index contributed by atoms with van der Waals surface area (Å²) in [6.45, 7) is 24.6. The van der Waals surface area contributed by atoms with Gasteiger partial charge in [-0.15, -0.1) is 0 Å². The Morgan fingerprint density at radius 3 is 1.36 bits per heavy atom. The number of likely N-dealkylation sites (N-methyl/N-ethyl adjacent to an activating group) is 6. The molecule has 2 saturated heterocycles. The molecule has 3 heterocycles. The van der Waals surface area contributed by atoms with Gasteiger partial charge in [0.2, 0.25) is 65.0 Å². The Bertz CT molecular complexity index is 4770. The fraction of sp³-hybridized carbons (Fsp3) is 0.646. The standard InChI is InChI=1S/C99H145F4N15O17/c1-22-23-31-61(10)48-74-95(129)115(18)79(86(120)108-72(45-58(4)5)92(126)116(19)80(51-66-32-25-24-26-33-66)87(121)111-76(54-99(101,102)103)96(130)113(16)65(14)98(132)135-82(36-29-42-104)89(123)109-74)50-63(12)39-38-62(11)49-75-94(128)114(17)78(47-60(8)9)85(119)107-73(46-59(6)7)93(127)117(20)81(53-68-56-118(77-35-28-27-34-69(68)77)55-67-40-41-70(100)84(52-67)133-21)88(122)106-71(44-57(2)3)91(125)112(15)64(13)97(131)134-83(37-30-43-105)90(124)110-75/h24-28,32-35,40-41,52,56-65,71-76,78-83,98,132H,22-23,29-31,36-39,44-51,53-55H2,1-21H3,(H,106,122)(H,107,119)(H,108,120)(H,109,123)(H,110,124)(H,111,121)/t61-,62?,63?,64+,65+,71+,72+,73+,74+,75+,76+,78+,79+,80+,81+,82-,83-,98?/m1/s1. The summed E-state index contributed by atoms with van der Waals surface area (Å²) in [5, 5.41) is 48.9. The highest BCUT2D eigenvalue weighted by atomic mass is 19.4. The molecule has 0 saturated carbocycles. The molecule has 32 nitrogen and oxygen atoms in total. The summed E-state index contributed by atoms with van der Waals surface area (Å²) in [7, 11) is 9.09. The number of cyclic esters (lactones) is 1. The van der Waals surface area contributed by atoms with Crippen LogP contribution in [0.5, 0.6) is 5.75 Å². The van der Waals surface area contributed by atoms with Gasteiger partial charge in [-0.3, -0.25) is 57.5 Å². The van der Waals surface area contributed by atoms with Gasteiger partial charge in [0, 0.05) is 98.0 Å². The van der Waals surface area contributed by atoms with Gasteiger partial charge in [-0.05, 0) is 142 Å². The molecule has 746 valence electrons. The minimum absolute atomic E-state index is 0.0124. The van der Waals surface area contributed by atoms with Crippen molar-refractivity contribution in [2.45, 2.75) is 323 Å². The number of nitrogens with one attached hydrogen (secondary N) is 6. The summed E-state index contributed by atoms with van der Waals surface area (Å²) in [6.07, 6.45) is -11.0. The summed E-state index contributed by atoms with van der Waals surface area (Å²) in [6, 6.07) is 5.28. The molecule has 2 aliphatic heterocycles. The first-order chi connectivity index (χ1) is 63.4. The normalized spacial score (nSPS) is 24.9. The van der Waals surface area contributed by atoms with Crippen LogP contribution in [0.2, 0.25) is 0 Å². The monoisotopic (exact) mass is 1890 g/mol. The van der Waals surface area contributed by atoms with Crippen molar-refractivity contribution in [2.24, 2.45) is 41.4 Å². The number of aliphatic hydroxyl groups is 1. The molecule has 135 heavy (non-hydrogen) atoms. The number of para-hydroxylation sites is 1. The Kier molecular flexibility index (Phi) is 43.9. The van der Waals surface area contributed by atoms with Crippen LogP contribution in [-0.2, 0) is 91.2 Å². The van der Waals surface area contributed by atoms with E-state index in [4.69, 9.17) is 14.2 Å². The number of carbonyl (C=O) groups is 13. The molecular formula is C99H145F4N15O17. The third-order valence-electron chi connectivity index (χ3n) is 25.5. The Labute approximate surface area is 792 Å². The third-order valence-corrected chi connectivity index (χ3v) is 25.5. The quantitative estimate of drug-likeness (QED) is 0.0176. The zero-order chi connectivity index (χ0) is 101. The highest BCUT2D eigenvalue weighted by Gasteiger charge is 2.47. The van der Waals surface area contributed by atoms with E-state index in [2.05, 4.69) is 31.9 Å². The maximum atomic E-state index is 15.9. The second kappa shape index (κ2) is 52.7. The van der Waals surface area contributed by atoms with Crippen LogP contribution >= 0.6 is 0 Å². The molecule has 2 fully saturated rings. The van der Waals surface area contributed by atoms with Gasteiger partial charge in [-0.2, -0.15) is 23.7 Å². The van der Waals surface area contributed by atoms with Crippen molar-refractivity contribution in [3.63, 3.8) is 0 Å². The summed E-state index contributed by atoms with van der Waals surface area (Å²) < 4.78 is 78.1. The summed E-state index contributed by atoms with van der Waals surface area (Å²) in [5.41, 5.74) is 2.42. The van der Waals surface area contributed by atoms with Gasteiger partial charge in [-0.1, -0.05) is 170 Å². The first-order valence-corrected chi connectivity index (χ1v) is 47.2. The van der Waals surface area contributed by atoms with Crippen molar-refractivity contribution in [3.05, 3.63) is 102 Å². The largest absolute Gasteiger partial charge is 0.494 e. The number of nitriles is 2. The first-order valence-electron chi connectivity index (χ1n) is 47.2. The number of fused-ring (bicyclic) bond motifs is 1. The Hall–Kier alpha value is -11.3. The highest BCUT2D eigenvalue weighted by molar-refractivity contribution is 6.00. The molecule has 2 aliphatic rings. The number of rotatable bonds is 32. The topological polar surface area (TPSA) is 414 Å². The molecule has 4 aromatic rings. The predicted octanol–water partition coefficient (Wildman–Crippen LogP) is 9.97. The maximum Gasteiger partial charge on any atom is 0.391 e. The second-order valence-corrected chi connectivity index (χ2v) is 38.6. The van der Waals surface area contributed by atoms with E-state index in [0.29, 0.717) is 39.8 Å². The average molecular weight is 1890 g/mol. The number of aromatic nitrogens is 1. The number of esters is 1. The van der Waals surface area contributed by atoms with E-state index >= 15 is 43.2 Å². The van der Waals surface area contributed by atoms with Crippen molar-refractivity contribution < 1.29 is 99.2 Å². The molecule has 0 bridgehead atoms. The van der Waals surface area contributed by atoms with E-state index in [1.165, 1.54) is 72.1 Å². The minimum atomic E-state index is -5.09.